The van der Waals surface area contributed by atoms with Crippen LogP contribution in [0.3, 0.4) is 0 Å². The summed E-state index contributed by atoms with van der Waals surface area (Å²) in [5.41, 5.74) is 3.50. The van der Waals surface area contributed by atoms with Crippen molar-refractivity contribution in [2.24, 2.45) is 5.92 Å². The van der Waals surface area contributed by atoms with Gasteiger partial charge in [0.15, 0.2) is 0 Å². The van der Waals surface area contributed by atoms with Crippen LogP contribution in [0.15, 0.2) is 48.5 Å². The average Bonchev–Trinajstić information content (AvgIpc) is 2.85. The maximum absolute atomic E-state index is 12.3. The summed E-state index contributed by atoms with van der Waals surface area (Å²) in [5.74, 6) is 0.189. The van der Waals surface area contributed by atoms with Gasteiger partial charge in [0.05, 0.1) is 0 Å². The van der Waals surface area contributed by atoms with E-state index < -0.39 is 0 Å². The van der Waals surface area contributed by atoms with E-state index in [2.05, 4.69) is 40.0 Å². The molecule has 0 radical (unpaired) electrons. The van der Waals surface area contributed by atoms with Gasteiger partial charge < -0.3 is 5.32 Å². The Hall–Kier alpha value is -1.36. The van der Waals surface area contributed by atoms with Crippen molar-refractivity contribution in [2.45, 2.75) is 12.8 Å². The van der Waals surface area contributed by atoms with E-state index in [9.17, 15) is 4.79 Å². The third-order valence-corrected chi connectivity index (χ3v) is 4.25. The fraction of sp³-hybridized carbons (Fsp3) is 0.188. The molecule has 1 aliphatic carbocycles. The zero-order valence-corrected chi connectivity index (χ0v) is 12.6. The average molecular weight is 363 g/mol. The van der Waals surface area contributed by atoms with Crippen LogP contribution in [0.2, 0.25) is 0 Å². The number of anilines is 1. The fourth-order valence-electron chi connectivity index (χ4n) is 2.52. The second-order valence-electron chi connectivity index (χ2n) is 4.87. The monoisotopic (exact) mass is 363 g/mol. The SMILES string of the molecule is O=C(Nc1ccc(I)cc1)C1Cc2ccccc2C1. The first-order chi connectivity index (χ1) is 9.22. The summed E-state index contributed by atoms with van der Waals surface area (Å²) in [6.45, 7) is 0. The van der Waals surface area contributed by atoms with Gasteiger partial charge in [0.25, 0.3) is 0 Å². The van der Waals surface area contributed by atoms with Gasteiger partial charge >= 0.3 is 0 Å². The van der Waals surface area contributed by atoms with Gasteiger partial charge in [0.1, 0.15) is 0 Å². The Bertz CT molecular complexity index is 581. The van der Waals surface area contributed by atoms with Gasteiger partial charge in [-0.15, -0.1) is 0 Å². The molecule has 0 aliphatic heterocycles. The molecule has 1 amide bonds. The Morgan fingerprint density at radius 2 is 1.58 bits per heavy atom. The van der Waals surface area contributed by atoms with Gasteiger partial charge in [-0.25, -0.2) is 0 Å². The van der Waals surface area contributed by atoms with Crippen molar-refractivity contribution in [1.82, 2.24) is 0 Å². The molecule has 96 valence electrons. The highest BCUT2D eigenvalue weighted by Crippen LogP contribution is 2.27. The molecule has 0 aromatic heterocycles. The topological polar surface area (TPSA) is 29.1 Å². The summed E-state index contributed by atoms with van der Waals surface area (Å²) in [6, 6.07) is 16.2. The lowest BCUT2D eigenvalue weighted by atomic mass is 10.1. The van der Waals surface area contributed by atoms with Crippen LogP contribution in [-0.4, -0.2) is 5.91 Å². The van der Waals surface area contributed by atoms with Crippen LogP contribution >= 0.6 is 22.6 Å². The number of hydrogen-bond acceptors (Lipinski definition) is 1. The van der Waals surface area contributed by atoms with Crippen LogP contribution in [0.25, 0.3) is 0 Å². The fourth-order valence-corrected chi connectivity index (χ4v) is 2.88. The minimum absolute atomic E-state index is 0.0664. The van der Waals surface area contributed by atoms with Gasteiger partial charge in [-0.2, -0.15) is 0 Å². The van der Waals surface area contributed by atoms with E-state index in [-0.39, 0.29) is 11.8 Å². The van der Waals surface area contributed by atoms with Gasteiger partial charge in [-0.3, -0.25) is 4.79 Å². The number of carbonyl (C=O) groups excluding carboxylic acids is 1. The Morgan fingerprint density at radius 3 is 2.16 bits per heavy atom. The van der Waals surface area contributed by atoms with Crippen molar-refractivity contribution in [2.75, 3.05) is 5.32 Å². The smallest absolute Gasteiger partial charge is 0.228 e. The number of hydrogen-bond donors (Lipinski definition) is 1. The van der Waals surface area contributed by atoms with Gasteiger partial charge in [-0.05, 0) is 70.8 Å². The summed E-state index contributed by atoms with van der Waals surface area (Å²) in [6.07, 6.45) is 1.71. The molecule has 0 unspecified atom stereocenters. The van der Waals surface area contributed by atoms with Crippen LogP contribution in [0.4, 0.5) is 5.69 Å². The van der Waals surface area contributed by atoms with Gasteiger partial charge in [0, 0.05) is 15.2 Å². The lowest BCUT2D eigenvalue weighted by molar-refractivity contribution is -0.119. The molecule has 0 spiro atoms. The van der Waals surface area contributed by atoms with Crippen LogP contribution in [0.5, 0.6) is 0 Å². The number of halogens is 1. The molecule has 0 heterocycles. The molecule has 0 saturated heterocycles. The van der Waals surface area contributed by atoms with Crippen LogP contribution in [0, 0.1) is 9.49 Å². The van der Waals surface area contributed by atoms with Crippen molar-refractivity contribution in [3.05, 3.63) is 63.2 Å². The quantitative estimate of drug-likeness (QED) is 0.811. The largest absolute Gasteiger partial charge is 0.326 e. The lowest BCUT2D eigenvalue weighted by Crippen LogP contribution is -2.23. The van der Waals surface area contributed by atoms with Crippen molar-refractivity contribution in [3.63, 3.8) is 0 Å². The van der Waals surface area contributed by atoms with E-state index in [4.69, 9.17) is 0 Å². The molecule has 2 aromatic rings. The number of benzene rings is 2. The van der Waals surface area contributed by atoms with Gasteiger partial charge in [0.2, 0.25) is 5.91 Å². The zero-order valence-electron chi connectivity index (χ0n) is 10.4. The first-order valence-electron chi connectivity index (χ1n) is 6.35. The first kappa shape index (κ1) is 12.7. The number of nitrogens with one attached hydrogen (secondary N) is 1. The third-order valence-electron chi connectivity index (χ3n) is 3.53. The molecule has 0 saturated carbocycles. The number of carbonyl (C=O) groups is 1. The molecule has 2 nitrogen and oxygen atoms in total. The second kappa shape index (κ2) is 5.33. The van der Waals surface area contributed by atoms with Gasteiger partial charge in [-0.1, -0.05) is 24.3 Å². The molecule has 3 rings (SSSR count). The van der Waals surface area contributed by atoms with Crippen LogP contribution in [0.1, 0.15) is 11.1 Å². The van der Waals surface area contributed by atoms with E-state index in [1.807, 2.05) is 36.4 Å². The maximum Gasteiger partial charge on any atom is 0.228 e. The van der Waals surface area contributed by atoms with Crippen molar-refractivity contribution >= 4 is 34.2 Å². The highest BCUT2D eigenvalue weighted by atomic mass is 127. The van der Waals surface area contributed by atoms with Crippen LogP contribution in [-0.2, 0) is 17.6 Å². The zero-order chi connectivity index (χ0) is 13.2. The molecule has 1 N–H and O–H groups in total. The molecule has 19 heavy (non-hydrogen) atoms. The van der Waals surface area contributed by atoms with E-state index in [1.54, 1.807) is 0 Å². The molecule has 2 aromatic carbocycles. The molecule has 1 aliphatic rings. The number of rotatable bonds is 2. The highest BCUT2D eigenvalue weighted by Gasteiger charge is 2.26. The molecule has 0 fully saturated rings. The maximum atomic E-state index is 12.3. The standard InChI is InChI=1S/C16H14INO/c17-14-5-7-15(8-6-14)18-16(19)13-9-11-3-1-2-4-12(11)10-13/h1-8,13H,9-10H2,(H,18,19). The molecular weight excluding hydrogens is 349 g/mol. The lowest BCUT2D eigenvalue weighted by Gasteiger charge is -2.10. The van der Waals surface area contributed by atoms with Crippen molar-refractivity contribution < 1.29 is 4.79 Å². The number of amides is 1. The number of fused-ring (bicyclic) bond motifs is 1. The van der Waals surface area contributed by atoms with E-state index in [0.717, 1.165) is 18.5 Å². The third kappa shape index (κ3) is 2.81. The summed E-state index contributed by atoms with van der Waals surface area (Å²) in [4.78, 5) is 12.3. The first-order valence-corrected chi connectivity index (χ1v) is 7.43. The normalized spacial score (nSPS) is 14.2. The predicted octanol–water partition coefficient (Wildman–Crippen LogP) is 3.64. The van der Waals surface area contributed by atoms with E-state index in [0.29, 0.717) is 0 Å². The minimum Gasteiger partial charge on any atom is -0.326 e. The van der Waals surface area contributed by atoms with E-state index >= 15 is 0 Å². The molecular formula is C16H14INO. The Balaban J connectivity index is 1.68. The highest BCUT2D eigenvalue weighted by molar-refractivity contribution is 14.1. The van der Waals surface area contributed by atoms with E-state index in [1.165, 1.54) is 14.7 Å². The summed E-state index contributed by atoms with van der Waals surface area (Å²) >= 11 is 2.26. The Kier molecular flexibility index (Phi) is 3.55. The Labute approximate surface area is 126 Å². The summed E-state index contributed by atoms with van der Waals surface area (Å²) in [7, 11) is 0. The molecule has 0 atom stereocenters. The van der Waals surface area contributed by atoms with Crippen LogP contribution < -0.4 is 5.32 Å². The van der Waals surface area contributed by atoms with Crippen molar-refractivity contribution in [1.29, 1.82) is 0 Å². The Morgan fingerprint density at radius 1 is 1.00 bits per heavy atom. The molecule has 0 bridgehead atoms. The molecule has 3 heteroatoms. The van der Waals surface area contributed by atoms with Crippen molar-refractivity contribution in [3.8, 4) is 0 Å². The second-order valence-corrected chi connectivity index (χ2v) is 6.12. The summed E-state index contributed by atoms with van der Waals surface area (Å²) in [5, 5.41) is 3.00. The summed E-state index contributed by atoms with van der Waals surface area (Å²) < 4.78 is 1.17. The minimum atomic E-state index is 0.0664. The predicted molar refractivity (Wildman–Crippen MR) is 85.1 cm³/mol.